The van der Waals surface area contributed by atoms with Crippen LogP contribution >= 0.6 is 11.6 Å². The summed E-state index contributed by atoms with van der Waals surface area (Å²) in [5.74, 6) is 1.66. The average molecular weight is 377 g/mol. The van der Waals surface area contributed by atoms with Gasteiger partial charge in [0.25, 0.3) is 0 Å². The van der Waals surface area contributed by atoms with Gasteiger partial charge in [-0.05, 0) is 24.3 Å². The van der Waals surface area contributed by atoms with Gasteiger partial charge in [-0.25, -0.2) is 4.98 Å². The average Bonchev–Trinajstić information content (AvgIpc) is 3.11. The van der Waals surface area contributed by atoms with Crippen molar-refractivity contribution in [2.75, 3.05) is 43.6 Å². The van der Waals surface area contributed by atoms with Gasteiger partial charge in [0.1, 0.15) is 11.6 Å². The highest BCUT2D eigenvalue weighted by Crippen LogP contribution is 2.33. The standard InChI is InChI=1S/C18H21ClN4O3/c1-24-15-3-2-13(19)12-14(15)21-17-20-7-4-16(22-17)23-8-5-18(6-9-23)25-10-11-26-18/h2-4,7,12H,5-6,8-11H2,1H3,(H,20,21,22). The Morgan fingerprint density at radius 2 is 1.96 bits per heavy atom. The van der Waals surface area contributed by atoms with Crippen molar-refractivity contribution in [3.8, 4) is 5.75 Å². The number of rotatable bonds is 4. The largest absolute Gasteiger partial charge is 0.495 e. The Balaban J connectivity index is 1.48. The van der Waals surface area contributed by atoms with Crippen LogP contribution < -0.4 is 15.0 Å². The van der Waals surface area contributed by atoms with Crippen LogP contribution in [0.25, 0.3) is 0 Å². The molecule has 4 rings (SSSR count). The van der Waals surface area contributed by atoms with Gasteiger partial charge in [0, 0.05) is 37.2 Å². The highest BCUT2D eigenvalue weighted by atomic mass is 35.5. The lowest BCUT2D eigenvalue weighted by atomic mass is 10.0. The van der Waals surface area contributed by atoms with Crippen LogP contribution in [0.5, 0.6) is 5.75 Å². The third-order valence-corrected chi connectivity index (χ3v) is 4.95. The zero-order valence-electron chi connectivity index (χ0n) is 14.6. The van der Waals surface area contributed by atoms with Gasteiger partial charge in [0.15, 0.2) is 5.79 Å². The summed E-state index contributed by atoms with van der Waals surface area (Å²) < 4.78 is 16.9. The predicted molar refractivity (Wildman–Crippen MR) is 99.4 cm³/mol. The van der Waals surface area contributed by atoms with E-state index in [9.17, 15) is 0 Å². The van der Waals surface area contributed by atoms with E-state index in [0.29, 0.717) is 29.9 Å². The van der Waals surface area contributed by atoms with Crippen molar-refractivity contribution in [2.45, 2.75) is 18.6 Å². The fourth-order valence-corrected chi connectivity index (χ4v) is 3.52. The van der Waals surface area contributed by atoms with Gasteiger partial charge in [0.2, 0.25) is 5.95 Å². The highest BCUT2D eigenvalue weighted by molar-refractivity contribution is 6.31. The summed E-state index contributed by atoms with van der Waals surface area (Å²) >= 11 is 6.08. The van der Waals surface area contributed by atoms with Crippen LogP contribution in [0.2, 0.25) is 5.02 Å². The molecule has 0 aliphatic carbocycles. The summed E-state index contributed by atoms with van der Waals surface area (Å²) in [4.78, 5) is 11.2. The molecule has 2 aliphatic heterocycles. The third kappa shape index (κ3) is 3.56. The van der Waals surface area contributed by atoms with Gasteiger partial charge >= 0.3 is 0 Å². The van der Waals surface area contributed by atoms with E-state index in [1.165, 1.54) is 0 Å². The predicted octanol–water partition coefficient (Wildman–Crippen LogP) is 3.23. The fraction of sp³-hybridized carbons (Fsp3) is 0.444. The first kappa shape index (κ1) is 17.3. The molecule has 1 aromatic heterocycles. The zero-order chi connectivity index (χ0) is 18.0. The molecule has 1 aromatic carbocycles. The number of hydrogen-bond donors (Lipinski definition) is 1. The van der Waals surface area contributed by atoms with Gasteiger partial charge in [-0.3, -0.25) is 0 Å². The maximum atomic E-state index is 6.08. The van der Waals surface area contributed by atoms with Crippen molar-refractivity contribution in [1.82, 2.24) is 9.97 Å². The first-order chi connectivity index (χ1) is 12.7. The molecule has 7 nitrogen and oxygen atoms in total. The lowest BCUT2D eigenvalue weighted by Crippen LogP contribution is -2.45. The van der Waals surface area contributed by atoms with Crippen LogP contribution in [0.3, 0.4) is 0 Å². The second-order valence-corrected chi connectivity index (χ2v) is 6.74. The van der Waals surface area contributed by atoms with Gasteiger partial charge in [-0.15, -0.1) is 0 Å². The molecule has 138 valence electrons. The Kier molecular flexibility index (Phi) is 4.84. The molecule has 2 aliphatic rings. The molecule has 0 radical (unpaired) electrons. The minimum absolute atomic E-state index is 0.390. The van der Waals surface area contributed by atoms with Crippen molar-refractivity contribution in [2.24, 2.45) is 0 Å². The molecule has 3 heterocycles. The summed E-state index contributed by atoms with van der Waals surface area (Å²) in [6, 6.07) is 7.28. The second-order valence-electron chi connectivity index (χ2n) is 6.30. The number of benzene rings is 1. The van der Waals surface area contributed by atoms with Crippen LogP contribution in [-0.2, 0) is 9.47 Å². The summed E-state index contributed by atoms with van der Waals surface area (Å²) in [5.41, 5.74) is 0.725. The Hall–Kier alpha value is -2.09. The summed E-state index contributed by atoms with van der Waals surface area (Å²) in [5, 5.41) is 3.80. The highest BCUT2D eigenvalue weighted by Gasteiger charge is 2.40. The third-order valence-electron chi connectivity index (χ3n) is 4.71. The molecular formula is C18H21ClN4O3. The number of aromatic nitrogens is 2. The molecule has 2 fully saturated rings. The molecule has 1 spiro atoms. The van der Waals surface area contributed by atoms with Gasteiger partial charge in [0.05, 0.1) is 26.0 Å². The van der Waals surface area contributed by atoms with E-state index in [1.54, 1.807) is 31.5 Å². The summed E-state index contributed by atoms with van der Waals surface area (Å²) in [6.07, 6.45) is 3.42. The topological polar surface area (TPSA) is 68.7 Å². The Labute approximate surface area is 157 Å². The van der Waals surface area contributed by atoms with Crippen molar-refractivity contribution in [1.29, 1.82) is 0 Å². The molecular weight excluding hydrogens is 356 g/mol. The maximum absolute atomic E-state index is 6.08. The summed E-state index contributed by atoms with van der Waals surface area (Å²) in [7, 11) is 1.61. The number of halogens is 1. The lowest BCUT2D eigenvalue weighted by Gasteiger charge is -2.38. The first-order valence-corrected chi connectivity index (χ1v) is 9.02. The normalized spacial score (nSPS) is 18.9. The van der Waals surface area contributed by atoms with E-state index in [2.05, 4.69) is 20.2 Å². The Morgan fingerprint density at radius 3 is 2.69 bits per heavy atom. The molecule has 0 amide bonds. The number of nitrogens with zero attached hydrogens (tertiary/aromatic N) is 3. The van der Waals surface area contributed by atoms with Crippen LogP contribution in [0, 0.1) is 0 Å². The lowest BCUT2D eigenvalue weighted by molar-refractivity contribution is -0.169. The molecule has 8 heteroatoms. The van der Waals surface area contributed by atoms with E-state index < -0.39 is 5.79 Å². The molecule has 0 atom stereocenters. The number of ether oxygens (including phenoxy) is 3. The molecule has 26 heavy (non-hydrogen) atoms. The van der Waals surface area contributed by atoms with Crippen molar-refractivity contribution < 1.29 is 14.2 Å². The van der Waals surface area contributed by atoms with Gasteiger partial charge in [-0.2, -0.15) is 4.98 Å². The van der Waals surface area contributed by atoms with Gasteiger partial charge < -0.3 is 24.4 Å². The number of anilines is 3. The molecule has 0 unspecified atom stereocenters. The van der Waals surface area contributed by atoms with Crippen LogP contribution in [-0.4, -0.2) is 49.2 Å². The maximum Gasteiger partial charge on any atom is 0.229 e. The molecule has 0 saturated carbocycles. The minimum Gasteiger partial charge on any atom is -0.495 e. The molecule has 0 bridgehead atoms. The SMILES string of the molecule is COc1ccc(Cl)cc1Nc1nccc(N2CCC3(CC2)OCCO3)n1. The van der Waals surface area contributed by atoms with Crippen LogP contribution in [0.1, 0.15) is 12.8 Å². The molecule has 2 saturated heterocycles. The Bertz CT molecular complexity index is 773. The monoisotopic (exact) mass is 376 g/mol. The Morgan fingerprint density at radius 1 is 1.19 bits per heavy atom. The quantitative estimate of drug-likeness (QED) is 0.878. The first-order valence-electron chi connectivity index (χ1n) is 8.64. The second kappa shape index (κ2) is 7.26. The van der Waals surface area contributed by atoms with Gasteiger partial charge in [-0.1, -0.05) is 11.6 Å². The smallest absolute Gasteiger partial charge is 0.229 e. The molecule has 1 N–H and O–H groups in total. The van der Waals surface area contributed by atoms with Crippen LogP contribution in [0.4, 0.5) is 17.5 Å². The van der Waals surface area contributed by atoms with E-state index in [4.69, 9.17) is 25.8 Å². The summed E-state index contributed by atoms with van der Waals surface area (Å²) in [6.45, 7) is 3.03. The van der Waals surface area contributed by atoms with E-state index in [-0.39, 0.29) is 0 Å². The van der Waals surface area contributed by atoms with Crippen molar-refractivity contribution in [3.05, 3.63) is 35.5 Å². The van der Waals surface area contributed by atoms with Crippen molar-refractivity contribution >= 4 is 29.1 Å². The van der Waals surface area contributed by atoms with E-state index in [0.717, 1.165) is 37.4 Å². The molecule has 2 aromatic rings. The number of piperidine rings is 1. The number of methoxy groups -OCH3 is 1. The fourth-order valence-electron chi connectivity index (χ4n) is 3.35. The van der Waals surface area contributed by atoms with Crippen LogP contribution in [0.15, 0.2) is 30.5 Å². The zero-order valence-corrected chi connectivity index (χ0v) is 15.3. The van der Waals surface area contributed by atoms with E-state index in [1.807, 2.05) is 6.07 Å². The number of hydrogen-bond acceptors (Lipinski definition) is 7. The minimum atomic E-state index is -0.390. The number of nitrogens with one attached hydrogen (secondary N) is 1. The van der Waals surface area contributed by atoms with Crippen molar-refractivity contribution in [3.63, 3.8) is 0 Å². The van der Waals surface area contributed by atoms with E-state index >= 15 is 0 Å².